The molecule has 2 nitrogen and oxygen atoms in total. The van der Waals surface area contributed by atoms with Crippen molar-refractivity contribution in [1.82, 2.24) is 0 Å². The van der Waals surface area contributed by atoms with E-state index in [9.17, 15) is 9.90 Å². The molecule has 0 saturated heterocycles. The Labute approximate surface area is 87.7 Å². The van der Waals surface area contributed by atoms with Gasteiger partial charge in [-0.25, -0.2) is 5.11 Å². The van der Waals surface area contributed by atoms with E-state index in [0.717, 1.165) is 44.9 Å². The summed E-state index contributed by atoms with van der Waals surface area (Å²) < 4.78 is 0. The maximum Gasteiger partial charge on any atom is 0.132 e. The standard InChI is InChI=1S/C12H23O2/c1-2-3-6-9-12(14)10-7-4-5-8-11-13/h2-11H2,1H3. The molecule has 0 aromatic carbocycles. The Morgan fingerprint density at radius 2 is 1.43 bits per heavy atom. The van der Waals surface area contributed by atoms with Gasteiger partial charge in [0.25, 0.3) is 0 Å². The highest BCUT2D eigenvalue weighted by atomic mass is 16.2. The van der Waals surface area contributed by atoms with E-state index in [1.165, 1.54) is 12.8 Å². The zero-order valence-corrected chi connectivity index (χ0v) is 9.39. The first-order valence-corrected chi connectivity index (χ1v) is 5.91. The van der Waals surface area contributed by atoms with Crippen LogP contribution in [0.15, 0.2) is 0 Å². The number of rotatable bonds is 10. The maximum atomic E-state index is 11.3. The first-order chi connectivity index (χ1) is 6.81. The van der Waals surface area contributed by atoms with Crippen LogP contribution in [-0.2, 0) is 9.90 Å². The van der Waals surface area contributed by atoms with Crippen LogP contribution in [0.25, 0.3) is 0 Å². The molecule has 0 aromatic heterocycles. The van der Waals surface area contributed by atoms with E-state index in [4.69, 9.17) is 0 Å². The van der Waals surface area contributed by atoms with E-state index < -0.39 is 0 Å². The van der Waals surface area contributed by atoms with Gasteiger partial charge in [0.1, 0.15) is 5.78 Å². The minimum Gasteiger partial charge on any atom is -0.300 e. The molecule has 0 fully saturated rings. The fourth-order valence-electron chi connectivity index (χ4n) is 1.47. The van der Waals surface area contributed by atoms with Crippen molar-refractivity contribution in [3.63, 3.8) is 0 Å². The number of carbonyl (C=O) groups excluding carboxylic acids is 1. The van der Waals surface area contributed by atoms with Gasteiger partial charge >= 0.3 is 0 Å². The van der Waals surface area contributed by atoms with Crippen LogP contribution in [0.5, 0.6) is 0 Å². The first kappa shape index (κ1) is 13.6. The zero-order valence-electron chi connectivity index (χ0n) is 9.39. The molecule has 0 bridgehead atoms. The molecule has 0 amide bonds. The van der Waals surface area contributed by atoms with E-state index in [0.29, 0.717) is 5.78 Å². The van der Waals surface area contributed by atoms with Crippen LogP contribution in [0.1, 0.15) is 64.7 Å². The van der Waals surface area contributed by atoms with Crippen LogP contribution in [-0.4, -0.2) is 12.4 Å². The second kappa shape index (κ2) is 10.7. The van der Waals surface area contributed by atoms with Crippen molar-refractivity contribution >= 4 is 5.78 Å². The molecule has 2 heteroatoms. The lowest BCUT2D eigenvalue weighted by Crippen LogP contribution is -1.97. The first-order valence-electron chi connectivity index (χ1n) is 5.91. The topological polar surface area (TPSA) is 37.0 Å². The highest BCUT2D eigenvalue weighted by Gasteiger charge is 2.00. The van der Waals surface area contributed by atoms with Crippen molar-refractivity contribution in [3.05, 3.63) is 0 Å². The van der Waals surface area contributed by atoms with Crippen LogP contribution in [0.2, 0.25) is 0 Å². The number of unbranched alkanes of at least 4 members (excludes halogenated alkanes) is 5. The summed E-state index contributed by atoms with van der Waals surface area (Å²) in [7, 11) is 0. The van der Waals surface area contributed by atoms with E-state index in [2.05, 4.69) is 6.92 Å². The molecule has 0 aliphatic carbocycles. The van der Waals surface area contributed by atoms with E-state index in [1.54, 1.807) is 0 Å². The summed E-state index contributed by atoms with van der Waals surface area (Å²) in [6.45, 7) is 2.18. The van der Waals surface area contributed by atoms with Gasteiger partial charge in [-0.05, 0) is 19.3 Å². The average Bonchev–Trinajstić information content (AvgIpc) is 2.18. The smallest absolute Gasteiger partial charge is 0.132 e. The third-order valence-corrected chi connectivity index (χ3v) is 2.41. The molecular weight excluding hydrogens is 176 g/mol. The monoisotopic (exact) mass is 199 g/mol. The van der Waals surface area contributed by atoms with Gasteiger partial charge in [-0.2, -0.15) is 0 Å². The second-order valence-electron chi connectivity index (χ2n) is 3.86. The quantitative estimate of drug-likeness (QED) is 0.496. The number of Topliss-reactive ketones (excluding diaryl/α,β-unsaturated/α-hetero) is 1. The summed E-state index contributed by atoms with van der Waals surface area (Å²) in [4.78, 5) is 11.3. The van der Waals surface area contributed by atoms with Gasteiger partial charge in [-0.15, -0.1) is 0 Å². The SMILES string of the molecule is CCCCCC(=O)CCCCCC[O]. The van der Waals surface area contributed by atoms with Gasteiger partial charge in [-0.1, -0.05) is 32.6 Å². The van der Waals surface area contributed by atoms with Crippen LogP contribution in [0.4, 0.5) is 0 Å². The van der Waals surface area contributed by atoms with E-state index in [-0.39, 0.29) is 6.61 Å². The summed E-state index contributed by atoms with van der Waals surface area (Å²) in [6, 6.07) is 0. The summed E-state index contributed by atoms with van der Waals surface area (Å²) in [6.07, 6.45) is 8.66. The Morgan fingerprint density at radius 3 is 2.00 bits per heavy atom. The Kier molecular flexibility index (Phi) is 10.4. The number of carbonyl (C=O) groups is 1. The van der Waals surface area contributed by atoms with Gasteiger partial charge in [-0.3, -0.25) is 4.79 Å². The number of hydrogen-bond acceptors (Lipinski definition) is 1. The predicted octanol–water partition coefficient (Wildman–Crippen LogP) is 3.52. The van der Waals surface area contributed by atoms with Crippen molar-refractivity contribution in [2.24, 2.45) is 0 Å². The van der Waals surface area contributed by atoms with E-state index in [1.807, 2.05) is 0 Å². The second-order valence-corrected chi connectivity index (χ2v) is 3.86. The van der Waals surface area contributed by atoms with Crippen molar-refractivity contribution < 1.29 is 9.90 Å². The van der Waals surface area contributed by atoms with Gasteiger partial charge in [0.15, 0.2) is 0 Å². The minimum atomic E-state index is 0.0322. The number of ketones is 1. The van der Waals surface area contributed by atoms with Crippen LogP contribution >= 0.6 is 0 Å². The van der Waals surface area contributed by atoms with Gasteiger partial charge in [0.05, 0.1) is 6.61 Å². The summed E-state index contributed by atoms with van der Waals surface area (Å²) in [5, 5.41) is 10.1. The summed E-state index contributed by atoms with van der Waals surface area (Å²) in [5.41, 5.74) is 0. The Morgan fingerprint density at radius 1 is 0.857 bits per heavy atom. The normalized spacial score (nSPS) is 10.4. The van der Waals surface area contributed by atoms with Gasteiger partial charge in [0.2, 0.25) is 0 Å². The van der Waals surface area contributed by atoms with Crippen LogP contribution in [0, 0.1) is 0 Å². The van der Waals surface area contributed by atoms with Crippen molar-refractivity contribution in [2.45, 2.75) is 64.7 Å². The van der Waals surface area contributed by atoms with Crippen LogP contribution < -0.4 is 0 Å². The molecule has 83 valence electrons. The molecule has 0 N–H and O–H groups in total. The van der Waals surface area contributed by atoms with Crippen molar-refractivity contribution in [2.75, 3.05) is 6.61 Å². The van der Waals surface area contributed by atoms with Crippen molar-refractivity contribution in [3.8, 4) is 0 Å². The molecule has 14 heavy (non-hydrogen) atoms. The molecule has 1 radical (unpaired) electrons. The highest BCUT2D eigenvalue weighted by molar-refractivity contribution is 5.78. The van der Waals surface area contributed by atoms with Crippen LogP contribution in [0.3, 0.4) is 0 Å². The molecule has 0 aliphatic rings. The largest absolute Gasteiger partial charge is 0.300 e. The lowest BCUT2D eigenvalue weighted by Gasteiger charge is -2.00. The minimum absolute atomic E-state index is 0.0322. The molecule has 0 atom stereocenters. The fraction of sp³-hybridized carbons (Fsp3) is 0.917. The predicted molar refractivity (Wildman–Crippen MR) is 57.8 cm³/mol. The highest BCUT2D eigenvalue weighted by Crippen LogP contribution is 2.07. The molecule has 0 aliphatic heterocycles. The van der Waals surface area contributed by atoms with Crippen molar-refractivity contribution in [1.29, 1.82) is 0 Å². The fourth-order valence-corrected chi connectivity index (χ4v) is 1.47. The molecular formula is C12H23O2. The van der Waals surface area contributed by atoms with Gasteiger partial charge in [0, 0.05) is 12.8 Å². The average molecular weight is 199 g/mol. The summed E-state index contributed by atoms with van der Waals surface area (Å²) in [5.74, 6) is 0.403. The molecule has 0 saturated carbocycles. The summed E-state index contributed by atoms with van der Waals surface area (Å²) >= 11 is 0. The Balaban J connectivity index is 3.10. The molecule has 0 spiro atoms. The molecule has 0 rings (SSSR count). The molecule has 0 heterocycles. The lowest BCUT2D eigenvalue weighted by molar-refractivity contribution is -0.119. The molecule has 0 unspecified atom stereocenters. The third kappa shape index (κ3) is 9.72. The Hall–Kier alpha value is -0.370. The molecule has 0 aromatic rings. The zero-order chi connectivity index (χ0) is 10.6. The maximum absolute atomic E-state index is 11.3. The third-order valence-electron chi connectivity index (χ3n) is 2.41. The Bertz CT molecular complexity index is 132. The lowest BCUT2D eigenvalue weighted by atomic mass is 10.1. The van der Waals surface area contributed by atoms with E-state index >= 15 is 0 Å². The number of hydrogen-bond donors (Lipinski definition) is 0. The van der Waals surface area contributed by atoms with Gasteiger partial charge < -0.3 is 0 Å².